The summed E-state index contributed by atoms with van der Waals surface area (Å²) in [7, 11) is 0. The Hall–Kier alpha value is -1.86. The summed E-state index contributed by atoms with van der Waals surface area (Å²) in [6.45, 7) is 2.94. The molecule has 154 valence electrons. The minimum absolute atomic E-state index is 0. The average molecular weight is 418 g/mol. The molecule has 3 rings (SSSR count). The molecule has 1 unspecified atom stereocenters. The van der Waals surface area contributed by atoms with E-state index in [2.05, 4.69) is 4.98 Å². The maximum Gasteiger partial charge on any atom is 1.00 e. The molecule has 1 aromatic heterocycles. The van der Waals surface area contributed by atoms with E-state index in [1.165, 1.54) is 13.8 Å². The predicted octanol–water partition coefficient (Wildman–Crippen LogP) is 0.0219. The van der Waals surface area contributed by atoms with Gasteiger partial charge in [0.15, 0.2) is 11.5 Å². The Morgan fingerprint density at radius 1 is 1.13 bits per heavy atom. The first-order chi connectivity index (χ1) is 13.8. The van der Waals surface area contributed by atoms with E-state index in [1.807, 2.05) is 36.4 Å². The number of aromatic nitrogens is 1. The van der Waals surface area contributed by atoms with Gasteiger partial charge in [0, 0.05) is 12.5 Å². The average Bonchev–Trinajstić information content (AvgIpc) is 3.10. The van der Waals surface area contributed by atoms with Crippen LogP contribution in [0, 0.1) is 0 Å². The third kappa shape index (κ3) is 6.84. The molecule has 0 saturated heterocycles. The number of aryl methyl sites for hydroxylation is 2. The van der Waals surface area contributed by atoms with Crippen LogP contribution in [-0.4, -0.2) is 22.6 Å². The number of carboxylic acids is 1. The molecule has 0 bridgehead atoms. The van der Waals surface area contributed by atoms with Crippen molar-refractivity contribution in [2.45, 2.75) is 57.6 Å². The number of nitrogens with zero attached hydrogens (tertiary/aromatic N) is 1. The van der Waals surface area contributed by atoms with E-state index in [-0.39, 0.29) is 35.6 Å². The van der Waals surface area contributed by atoms with E-state index >= 15 is 0 Å². The second-order valence-corrected chi connectivity index (χ2v) is 7.81. The second kappa shape index (κ2) is 11.0. The number of hydrogen-bond acceptors (Lipinski definition) is 6. The number of fused-ring (bicyclic) bond motifs is 1. The molecule has 0 fully saturated rings. The Morgan fingerprint density at radius 2 is 1.83 bits per heavy atom. The Balaban J connectivity index is 0.00000320. The number of hydrogen-bond donors (Lipinski definition) is 1. The fourth-order valence-corrected chi connectivity index (χ4v) is 3.10. The molecular weight excluding hydrogens is 391 g/mol. The van der Waals surface area contributed by atoms with Crippen LogP contribution in [0.4, 0.5) is 0 Å². The monoisotopic (exact) mass is 418 g/mol. The number of oxazole rings is 1. The summed E-state index contributed by atoms with van der Waals surface area (Å²) in [5, 5.41) is 11.0. The summed E-state index contributed by atoms with van der Waals surface area (Å²) in [6, 6.07) is 15.3. The van der Waals surface area contributed by atoms with Crippen LogP contribution < -0.4 is 45.1 Å². The molecule has 3 aromatic rings. The van der Waals surface area contributed by atoms with Gasteiger partial charge in [-0.05, 0) is 69.4 Å². The third-order valence-electron chi connectivity index (χ3n) is 4.90. The SMILES string of the molecule is CC(C)(Oc1ccc(CCC(N)CCCc2nc3ccccc3o2)cc1)C(=O)[O-].[Na+]. The van der Waals surface area contributed by atoms with Gasteiger partial charge in [-0.3, -0.25) is 0 Å². The summed E-state index contributed by atoms with van der Waals surface area (Å²) in [4.78, 5) is 15.5. The molecule has 0 spiro atoms. The number of carbonyl (C=O) groups is 1. The van der Waals surface area contributed by atoms with Crippen LogP contribution in [0.25, 0.3) is 11.1 Å². The van der Waals surface area contributed by atoms with Gasteiger partial charge in [0.2, 0.25) is 0 Å². The number of aliphatic carboxylic acids is 1. The van der Waals surface area contributed by atoms with Gasteiger partial charge in [-0.2, -0.15) is 0 Å². The van der Waals surface area contributed by atoms with Crippen molar-refractivity contribution in [3.8, 4) is 5.75 Å². The number of carboxylic acid groups (broad SMARTS) is 1. The fourth-order valence-electron chi connectivity index (χ4n) is 3.10. The number of nitrogens with two attached hydrogens (primary N) is 1. The molecule has 0 aliphatic heterocycles. The molecule has 7 heteroatoms. The van der Waals surface area contributed by atoms with Crippen LogP contribution in [0.3, 0.4) is 0 Å². The summed E-state index contributed by atoms with van der Waals surface area (Å²) >= 11 is 0. The first kappa shape index (κ1) is 24.4. The van der Waals surface area contributed by atoms with Crippen LogP contribution >= 0.6 is 0 Å². The van der Waals surface area contributed by atoms with Gasteiger partial charge in [0.25, 0.3) is 0 Å². The molecule has 0 aliphatic carbocycles. The van der Waals surface area contributed by atoms with Crippen molar-refractivity contribution in [2.75, 3.05) is 0 Å². The van der Waals surface area contributed by atoms with Crippen LogP contribution in [0.15, 0.2) is 52.9 Å². The maximum absolute atomic E-state index is 11.0. The predicted molar refractivity (Wildman–Crippen MR) is 109 cm³/mol. The number of carbonyl (C=O) groups excluding carboxylic acids is 1. The van der Waals surface area contributed by atoms with E-state index in [0.29, 0.717) is 5.75 Å². The largest absolute Gasteiger partial charge is 1.00 e. The topological polar surface area (TPSA) is 101 Å². The second-order valence-electron chi connectivity index (χ2n) is 7.81. The minimum atomic E-state index is -1.36. The molecular formula is C23H27N2NaO4. The smallest absolute Gasteiger partial charge is 0.546 e. The van der Waals surface area contributed by atoms with Crippen LogP contribution in [0.2, 0.25) is 0 Å². The first-order valence-electron chi connectivity index (χ1n) is 9.93. The van der Waals surface area contributed by atoms with Crippen molar-refractivity contribution in [2.24, 2.45) is 5.73 Å². The fraction of sp³-hybridized carbons (Fsp3) is 0.391. The zero-order chi connectivity index (χ0) is 20.9. The first-order valence-corrected chi connectivity index (χ1v) is 9.93. The molecule has 0 radical (unpaired) electrons. The Kier molecular flexibility index (Phi) is 8.92. The maximum atomic E-state index is 11.0. The Labute approximate surface area is 199 Å². The quantitative estimate of drug-likeness (QED) is 0.466. The van der Waals surface area contributed by atoms with Gasteiger partial charge < -0.3 is 24.8 Å². The molecule has 1 heterocycles. The van der Waals surface area contributed by atoms with Gasteiger partial charge in [-0.15, -0.1) is 0 Å². The van der Waals surface area contributed by atoms with Crippen molar-refractivity contribution < 1.29 is 48.6 Å². The van der Waals surface area contributed by atoms with E-state index in [9.17, 15) is 9.90 Å². The molecule has 0 amide bonds. The van der Waals surface area contributed by atoms with Crippen molar-refractivity contribution in [3.63, 3.8) is 0 Å². The van der Waals surface area contributed by atoms with Crippen molar-refractivity contribution in [1.29, 1.82) is 0 Å². The van der Waals surface area contributed by atoms with E-state index in [4.69, 9.17) is 14.9 Å². The molecule has 0 saturated carbocycles. The van der Waals surface area contributed by atoms with Gasteiger partial charge in [0.05, 0.1) is 5.97 Å². The van der Waals surface area contributed by atoms with Crippen molar-refractivity contribution in [1.82, 2.24) is 4.98 Å². The van der Waals surface area contributed by atoms with Crippen LogP contribution in [0.5, 0.6) is 5.75 Å². The normalized spacial score (nSPS) is 12.4. The van der Waals surface area contributed by atoms with Gasteiger partial charge in [-0.25, -0.2) is 4.98 Å². The van der Waals surface area contributed by atoms with Crippen LogP contribution in [0.1, 0.15) is 44.6 Å². The molecule has 1 atom stereocenters. The minimum Gasteiger partial charge on any atom is -0.546 e. The summed E-state index contributed by atoms with van der Waals surface area (Å²) in [5.41, 5.74) is 7.75. The van der Waals surface area contributed by atoms with Gasteiger partial charge >= 0.3 is 29.6 Å². The molecule has 0 aliphatic rings. The zero-order valence-corrected chi connectivity index (χ0v) is 19.9. The van der Waals surface area contributed by atoms with Gasteiger partial charge in [0.1, 0.15) is 16.9 Å². The number of para-hydroxylation sites is 2. The third-order valence-corrected chi connectivity index (χ3v) is 4.90. The standard InChI is InChI=1S/C23H28N2O4.Na/c1-23(2,22(26)27)29-18-14-11-16(12-15-18)10-13-17(24)6-5-9-21-25-19-7-3-4-8-20(19)28-21;/h3-4,7-8,11-12,14-15,17H,5-6,9-10,13,24H2,1-2H3,(H,26,27);/q;+1/p-1. The molecule has 2 aromatic carbocycles. The zero-order valence-electron chi connectivity index (χ0n) is 17.9. The summed E-state index contributed by atoms with van der Waals surface area (Å²) in [5.74, 6) is 0.0180. The Bertz CT molecular complexity index is 920. The van der Waals surface area contributed by atoms with Crippen molar-refractivity contribution >= 4 is 17.1 Å². The molecule has 6 nitrogen and oxygen atoms in total. The number of rotatable bonds is 10. The van der Waals surface area contributed by atoms with E-state index < -0.39 is 11.6 Å². The molecule has 2 N–H and O–H groups in total. The summed E-state index contributed by atoms with van der Waals surface area (Å²) < 4.78 is 11.2. The van der Waals surface area contributed by atoms with E-state index in [0.717, 1.165) is 54.7 Å². The van der Waals surface area contributed by atoms with Crippen molar-refractivity contribution in [3.05, 3.63) is 60.0 Å². The molecule has 30 heavy (non-hydrogen) atoms. The number of ether oxygens (including phenoxy) is 1. The summed E-state index contributed by atoms with van der Waals surface area (Å²) in [6.07, 6.45) is 4.34. The van der Waals surface area contributed by atoms with Gasteiger partial charge in [-0.1, -0.05) is 24.3 Å². The van der Waals surface area contributed by atoms with E-state index in [1.54, 1.807) is 12.1 Å². The number of benzene rings is 2. The Morgan fingerprint density at radius 3 is 2.50 bits per heavy atom. The van der Waals surface area contributed by atoms with Crippen LogP contribution in [-0.2, 0) is 17.6 Å².